The molecule has 2 aromatic heterocycles. The maximum Gasteiger partial charge on any atom is 0.323 e. The first-order chi connectivity index (χ1) is 16.0. The summed E-state index contributed by atoms with van der Waals surface area (Å²) in [6.45, 7) is 0.252. The Morgan fingerprint density at radius 2 is 1.82 bits per heavy atom. The minimum absolute atomic E-state index is 0.338. The molecule has 0 spiro atoms. The van der Waals surface area contributed by atoms with Crippen molar-refractivity contribution in [2.24, 2.45) is 5.73 Å². The second-order valence-corrected chi connectivity index (χ2v) is 7.85. The number of hydrogen-bond donors (Lipinski definition) is 3. The van der Waals surface area contributed by atoms with E-state index in [1.54, 1.807) is 24.4 Å². The van der Waals surface area contributed by atoms with Gasteiger partial charge in [0.25, 0.3) is 11.5 Å². The van der Waals surface area contributed by atoms with Gasteiger partial charge in [-0.3, -0.25) is 19.4 Å². The number of pyridine rings is 2. The fourth-order valence-electron chi connectivity index (χ4n) is 3.53. The van der Waals surface area contributed by atoms with Crippen molar-refractivity contribution < 1.29 is 14.7 Å². The third-order valence-corrected chi connectivity index (χ3v) is 5.22. The lowest BCUT2D eigenvalue weighted by Crippen LogP contribution is -2.24. The highest BCUT2D eigenvalue weighted by molar-refractivity contribution is 6.04. The molecule has 0 aliphatic rings. The van der Waals surface area contributed by atoms with Crippen LogP contribution in [0.1, 0.15) is 41.6 Å². The first-order valence-corrected chi connectivity index (χ1v) is 10.9. The lowest BCUT2D eigenvalue weighted by Gasteiger charge is -2.10. The summed E-state index contributed by atoms with van der Waals surface area (Å²) in [4.78, 5) is 39.8. The number of rotatable bonds is 11. The number of carbonyl (C=O) groups is 2. The largest absolute Gasteiger partial charge is 0.480 e. The van der Waals surface area contributed by atoms with Gasteiger partial charge in [0.1, 0.15) is 6.54 Å². The maximum absolute atomic E-state index is 12.8. The molecule has 0 radical (unpaired) electrons. The van der Waals surface area contributed by atoms with Crippen LogP contribution in [0.5, 0.6) is 0 Å². The number of benzene rings is 1. The first-order valence-electron chi connectivity index (χ1n) is 10.9. The van der Waals surface area contributed by atoms with E-state index >= 15 is 0 Å². The molecule has 0 saturated carbocycles. The van der Waals surface area contributed by atoms with Crippen LogP contribution >= 0.6 is 0 Å². The van der Waals surface area contributed by atoms with Crippen LogP contribution in [-0.4, -0.2) is 33.1 Å². The molecule has 3 aromatic rings. The Labute approximate surface area is 192 Å². The average Bonchev–Trinajstić information content (AvgIpc) is 2.81. The Hall–Kier alpha value is -3.78. The van der Waals surface area contributed by atoms with Gasteiger partial charge in [-0.2, -0.15) is 0 Å². The van der Waals surface area contributed by atoms with Gasteiger partial charge in [-0.25, -0.2) is 0 Å². The van der Waals surface area contributed by atoms with Crippen molar-refractivity contribution in [2.45, 2.75) is 38.6 Å². The number of anilines is 1. The average molecular weight is 449 g/mol. The van der Waals surface area contributed by atoms with E-state index in [2.05, 4.69) is 16.4 Å². The molecule has 3 rings (SSSR count). The van der Waals surface area contributed by atoms with E-state index in [0.717, 1.165) is 59.9 Å². The zero-order valence-corrected chi connectivity index (χ0v) is 18.4. The highest BCUT2D eigenvalue weighted by Gasteiger charge is 2.10. The number of amides is 1. The number of nitrogens with one attached hydrogen (secondary N) is 1. The van der Waals surface area contributed by atoms with Crippen molar-refractivity contribution in [1.82, 2.24) is 9.55 Å². The number of carboxylic acid groups (broad SMARTS) is 1. The minimum atomic E-state index is -1.14. The van der Waals surface area contributed by atoms with E-state index in [9.17, 15) is 14.4 Å². The van der Waals surface area contributed by atoms with E-state index < -0.39 is 18.1 Å². The van der Waals surface area contributed by atoms with E-state index in [-0.39, 0.29) is 5.91 Å². The molecular weight excluding hydrogens is 420 g/mol. The summed E-state index contributed by atoms with van der Waals surface area (Å²) < 4.78 is 1.03. The number of aromatic nitrogens is 2. The predicted octanol–water partition coefficient (Wildman–Crippen LogP) is 3.31. The van der Waals surface area contributed by atoms with E-state index in [4.69, 9.17) is 10.8 Å². The molecule has 0 bridgehead atoms. The second kappa shape index (κ2) is 11.7. The van der Waals surface area contributed by atoms with Gasteiger partial charge in [-0.15, -0.1) is 0 Å². The lowest BCUT2D eigenvalue weighted by atomic mass is 10.0. The van der Waals surface area contributed by atoms with Gasteiger partial charge in [0.15, 0.2) is 0 Å². The number of hydrogen-bond acceptors (Lipinski definition) is 5. The van der Waals surface area contributed by atoms with Crippen molar-refractivity contribution in [2.75, 3.05) is 11.9 Å². The Morgan fingerprint density at radius 1 is 1.00 bits per heavy atom. The zero-order chi connectivity index (χ0) is 23.6. The molecule has 1 amide bonds. The van der Waals surface area contributed by atoms with E-state index in [1.807, 2.05) is 12.3 Å². The number of nitrogens with zero attached hydrogens (tertiary/aromatic N) is 2. The highest BCUT2D eigenvalue weighted by atomic mass is 16.4. The first kappa shape index (κ1) is 23.9. The molecular formula is C25H28N4O4. The summed E-state index contributed by atoms with van der Waals surface area (Å²) in [6.07, 6.45) is 10.3. The van der Waals surface area contributed by atoms with Crippen LogP contribution in [0.4, 0.5) is 5.69 Å². The Balaban J connectivity index is 1.71. The molecule has 4 N–H and O–H groups in total. The van der Waals surface area contributed by atoms with Crippen molar-refractivity contribution in [3.8, 4) is 11.1 Å². The number of carbonyl (C=O) groups excluding carboxylic acids is 1. The smallest absolute Gasteiger partial charge is 0.323 e. The van der Waals surface area contributed by atoms with E-state index in [0.29, 0.717) is 11.3 Å². The zero-order valence-electron chi connectivity index (χ0n) is 18.4. The third kappa shape index (κ3) is 7.11. The van der Waals surface area contributed by atoms with Crippen LogP contribution in [0.3, 0.4) is 0 Å². The molecule has 1 aromatic carbocycles. The lowest BCUT2D eigenvalue weighted by molar-refractivity contribution is -0.137. The summed E-state index contributed by atoms with van der Waals surface area (Å²) in [5.74, 6) is -1.50. The van der Waals surface area contributed by atoms with Crippen LogP contribution in [0.25, 0.3) is 11.1 Å². The van der Waals surface area contributed by atoms with Crippen LogP contribution in [0, 0.1) is 0 Å². The van der Waals surface area contributed by atoms with Gasteiger partial charge in [-0.1, -0.05) is 25.0 Å². The SMILES string of the molecule is NCCCCCCc1cncc(-c2cccc(C(=O)Nc3ccc(=O)n(CC(=O)O)c3)c2)c1. The van der Waals surface area contributed by atoms with Crippen LogP contribution in [-0.2, 0) is 17.8 Å². The molecule has 0 fully saturated rings. The molecule has 0 saturated heterocycles. The van der Waals surface area contributed by atoms with Gasteiger partial charge in [-0.05, 0) is 61.2 Å². The van der Waals surface area contributed by atoms with Gasteiger partial charge < -0.3 is 20.7 Å². The van der Waals surface area contributed by atoms with Crippen molar-refractivity contribution >= 4 is 17.6 Å². The van der Waals surface area contributed by atoms with Crippen LogP contribution in [0.2, 0.25) is 0 Å². The second-order valence-electron chi connectivity index (χ2n) is 7.85. The van der Waals surface area contributed by atoms with Gasteiger partial charge in [0.05, 0.1) is 5.69 Å². The summed E-state index contributed by atoms with van der Waals surface area (Å²) in [5.41, 5.74) is 8.81. The minimum Gasteiger partial charge on any atom is -0.480 e. The van der Waals surface area contributed by atoms with Crippen molar-refractivity contribution in [1.29, 1.82) is 0 Å². The molecule has 0 aliphatic heterocycles. The Bertz CT molecular complexity index is 1170. The summed E-state index contributed by atoms with van der Waals surface area (Å²) in [5, 5.41) is 11.6. The number of nitrogens with two attached hydrogens (primary N) is 1. The van der Waals surface area contributed by atoms with Crippen LogP contribution < -0.4 is 16.6 Å². The normalized spacial score (nSPS) is 10.7. The Kier molecular flexibility index (Phi) is 8.49. The molecule has 33 heavy (non-hydrogen) atoms. The molecule has 2 heterocycles. The topological polar surface area (TPSA) is 127 Å². The number of unbranched alkanes of at least 4 members (excludes halogenated alkanes) is 3. The molecule has 0 unspecified atom stereocenters. The van der Waals surface area contributed by atoms with Gasteiger partial charge in [0.2, 0.25) is 0 Å². The fourth-order valence-corrected chi connectivity index (χ4v) is 3.53. The van der Waals surface area contributed by atoms with Crippen molar-refractivity contribution in [3.63, 3.8) is 0 Å². The van der Waals surface area contributed by atoms with Crippen molar-refractivity contribution in [3.05, 3.63) is 82.5 Å². The number of aryl methyl sites for hydroxylation is 1. The molecule has 8 heteroatoms. The molecule has 8 nitrogen and oxygen atoms in total. The Morgan fingerprint density at radius 3 is 2.61 bits per heavy atom. The summed E-state index contributed by atoms with van der Waals surface area (Å²) >= 11 is 0. The monoisotopic (exact) mass is 448 g/mol. The predicted molar refractivity (Wildman–Crippen MR) is 127 cm³/mol. The van der Waals surface area contributed by atoms with Crippen LogP contribution in [0.15, 0.2) is 65.8 Å². The summed E-state index contributed by atoms with van der Waals surface area (Å²) in [6, 6.07) is 12.0. The van der Waals surface area contributed by atoms with Gasteiger partial charge >= 0.3 is 5.97 Å². The molecule has 0 aliphatic carbocycles. The number of carboxylic acids is 1. The highest BCUT2D eigenvalue weighted by Crippen LogP contribution is 2.22. The van der Waals surface area contributed by atoms with Gasteiger partial charge in [0, 0.05) is 35.8 Å². The summed E-state index contributed by atoms with van der Waals surface area (Å²) in [7, 11) is 0. The molecule has 0 atom stereocenters. The molecule has 172 valence electrons. The third-order valence-electron chi connectivity index (χ3n) is 5.22. The van der Waals surface area contributed by atoms with E-state index in [1.165, 1.54) is 18.3 Å². The quantitative estimate of drug-likeness (QED) is 0.386. The number of aliphatic carboxylic acids is 1. The maximum atomic E-state index is 12.8. The fraction of sp³-hybridized carbons (Fsp3) is 0.280. The standard InChI is InChI=1S/C25H28N4O4/c26-11-4-2-1-3-6-18-12-21(15-27-14-18)19-7-5-8-20(13-19)25(33)28-22-9-10-23(30)29(16-22)17-24(31)32/h5,7-10,12-16H,1-4,6,11,17,26H2,(H,28,33)(H,31,32).